The maximum absolute atomic E-state index is 9.86. The Morgan fingerprint density at radius 2 is 0.865 bits per heavy atom. The number of hydrogen-bond acceptors (Lipinski definition) is 6. The summed E-state index contributed by atoms with van der Waals surface area (Å²) in [6.45, 7) is 22.0. The summed E-state index contributed by atoms with van der Waals surface area (Å²) in [5.41, 5.74) is 14.7. The van der Waals surface area contributed by atoms with Crippen molar-refractivity contribution in [3.8, 4) is 0 Å². The quantitative estimate of drug-likeness (QED) is 0.270. The molecule has 2 N–H and O–H groups in total. The Morgan fingerprint density at radius 1 is 0.622 bits per heavy atom. The van der Waals surface area contributed by atoms with Crippen molar-refractivity contribution >= 4 is 11.9 Å². The molecule has 0 aliphatic heterocycles. The molecule has 0 aliphatic rings. The van der Waals surface area contributed by atoms with Gasteiger partial charge in [0.25, 0.3) is 0 Å². The summed E-state index contributed by atoms with van der Waals surface area (Å²) in [5, 5.41) is 19.7. The Bertz CT molecular complexity index is 1020. The number of H-pyrrole nitrogens is 2. The van der Waals surface area contributed by atoms with E-state index in [1.54, 1.807) is 0 Å². The second-order valence-electron chi connectivity index (χ2n) is 8.70. The molecule has 2 aromatic carbocycles. The summed E-state index contributed by atoms with van der Waals surface area (Å²) in [7, 11) is 0. The third kappa shape index (κ3) is 8.94. The molecule has 0 unspecified atom stereocenters. The van der Waals surface area contributed by atoms with Crippen LogP contribution in [0.25, 0.3) is 0 Å². The van der Waals surface area contributed by atoms with Gasteiger partial charge in [0.15, 0.2) is 11.6 Å². The number of imidazole rings is 2. The largest absolute Gasteiger partial charge is 4.00 e. The molecule has 2 heterocycles. The van der Waals surface area contributed by atoms with Crippen LogP contribution in [0.2, 0.25) is 0 Å². The standard InChI is InChI=1S/2C10H15.2C4H4N2O2.Ru/c2*1-6-7(2)9(4)10(5)8(6)3;2*7-4(8)3-5-1-2-6-3;/h2*1-5H3;2*1-2H,(H,5,6)(H,7,8);/q2*-1;;;+4/p-2. The number of nitrogens with one attached hydrogen (secondary N) is 2. The van der Waals surface area contributed by atoms with E-state index in [1.807, 2.05) is 0 Å². The summed E-state index contributed by atoms with van der Waals surface area (Å²) in [5.74, 6) is -2.83. The van der Waals surface area contributed by atoms with Gasteiger partial charge in [-0.1, -0.05) is 69.2 Å². The van der Waals surface area contributed by atoms with E-state index in [4.69, 9.17) is 0 Å². The summed E-state index contributed by atoms with van der Waals surface area (Å²) in [6.07, 6.45) is 5.55. The first-order valence-corrected chi connectivity index (χ1v) is 11.5. The zero-order valence-corrected chi connectivity index (χ0v) is 24.9. The summed E-state index contributed by atoms with van der Waals surface area (Å²) >= 11 is 0. The molecular formula is C28H36N4O4Ru. The second kappa shape index (κ2) is 15.1. The number of nitrogens with zero attached hydrogens (tertiary/aromatic N) is 2. The van der Waals surface area contributed by atoms with Gasteiger partial charge < -0.3 is 29.8 Å². The molecule has 37 heavy (non-hydrogen) atoms. The average molecular weight is 594 g/mol. The van der Waals surface area contributed by atoms with E-state index in [0.29, 0.717) is 0 Å². The molecule has 0 fully saturated rings. The smallest absolute Gasteiger partial charge is 0.542 e. The van der Waals surface area contributed by atoms with Gasteiger partial charge in [0.05, 0.1) is 0 Å². The minimum absolute atomic E-state index is 0. The number of carbonyl (C=O) groups is 2. The van der Waals surface area contributed by atoms with E-state index in [2.05, 4.69) is 89.2 Å². The molecule has 200 valence electrons. The third-order valence-electron chi connectivity index (χ3n) is 7.01. The van der Waals surface area contributed by atoms with Crippen molar-refractivity contribution in [2.75, 3.05) is 0 Å². The van der Waals surface area contributed by atoms with Crippen LogP contribution in [0.5, 0.6) is 0 Å². The van der Waals surface area contributed by atoms with Gasteiger partial charge in [-0.25, -0.2) is 9.97 Å². The molecule has 0 aliphatic carbocycles. The van der Waals surface area contributed by atoms with Gasteiger partial charge in [0.1, 0.15) is 11.9 Å². The van der Waals surface area contributed by atoms with E-state index in [1.165, 1.54) is 80.4 Å². The van der Waals surface area contributed by atoms with Crippen molar-refractivity contribution in [1.29, 1.82) is 0 Å². The summed E-state index contributed by atoms with van der Waals surface area (Å²) < 4.78 is 0. The van der Waals surface area contributed by atoms with Gasteiger partial charge in [-0.15, -0.1) is 0 Å². The topological polar surface area (TPSA) is 138 Å². The van der Waals surface area contributed by atoms with Crippen LogP contribution in [0.1, 0.15) is 76.9 Å². The number of carbonyl (C=O) groups excluding carboxylic acids is 2. The SMILES string of the molecule is Cc1c(C)c(C)[c-](C)c1C.Cc1c(C)c(C)[c-](C)c1C.O=C([O-])c1ncc[nH]1.O=C([O-])c1ncc[nH]1.[Ru+4]. The molecule has 4 aromatic rings. The van der Waals surface area contributed by atoms with Gasteiger partial charge in [0.2, 0.25) is 0 Å². The molecule has 0 saturated heterocycles. The molecule has 0 spiro atoms. The number of aromatic amines is 2. The summed E-state index contributed by atoms with van der Waals surface area (Å²) in [6, 6.07) is 0. The van der Waals surface area contributed by atoms with Crippen LogP contribution < -0.4 is 10.2 Å². The zero-order valence-electron chi connectivity index (χ0n) is 23.2. The predicted octanol–water partition coefficient (Wildman–Crippen LogP) is 3.44. The molecule has 4 rings (SSSR count). The minimum Gasteiger partial charge on any atom is -0.542 e. The first-order chi connectivity index (χ1) is 16.7. The fourth-order valence-corrected chi connectivity index (χ4v) is 3.57. The number of aromatic nitrogens is 4. The number of rotatable bonds is 2. The molecule has 0 bridgehead atoms. The molecule has 9 heteroatoms. The van der Waals surface area contributed by atoms with Gasteiger partial charge in [0, 0.05) is 24.8 Å². The van der Waals surface area contributed by atoms with Gasteiger partial charge in [-0.05, 0) is 0 Å². The Labute approximate surface area is 232 Å². The number of carboxylic acid groups (broad SMARTS) is 2. The van der Waals surface area contributed by atoms with Crippen LogP contribution in [0, 0.1) is 69.2 Å². The Balaban J connectivity index is 0.000000465. The van der Waals surface area contributed by atoms with Crippen molar-refractivity contribution in [1.82, 2.24) is 19.9 Å². The van der Waals surface area contributed by atoms with Gasteiger partial charge in [-0.2, -0.15) is 55.6 Å². The molecule has 8 nitrogen and oxygen atoms in total. The van der Waals surface area contributed by atoms with Crippen molar-refractivity contribution in [3.05, 3.63) is 92.1 Å². The molecule has 0 amide bonds. The van der Waals surface area contributed by atoms with Crippen molar-refractivity contribution in [3.63, 3.8) is 0 Å². The minimum atomic E-state index is -1.28. The van der Waals surface area contributed by atoms with E-state index < -0.39 is 11.9 Å². The Morgan fingerprint density at radius 3 is 0.946 bits per heavy atom. The monoisotopic (exact) mass is 594 g/mol. The average Bonchev–Trinajstić information content (AvgIpc) is 3.64. The Kier molecular flexibility index (Phi) is 13.7. The molecular weight excluding hydrogens is 557 g/mol. The van der Waals surface area contributed by atoms with E-state index in [-0.39, 0.29) is 31.1 Å². The first-order valence-electron chi connectivity index (χ1n) is 11.5. The number of aromatic carboxylic acids is 2. The number of carboxylic acids is 2. The third-order valence-corrected chi connectivity index (χ3v) is 7.01. The molecule has 0 saturated carbocycles. The zero-order chi connectivity index (χ0) is 27.7. The maximum atomic E-state index is 9.86. The maximum Gasteiger partial charge on any atom is 4.00 e. The van der Waals surface area contributed by atoms with Crippen molar-refractivity contribution < 1.29 is 39.3 Å². The van der Waals surface area contributed by atoms with Crippen LogP contribution >= 0.6 is 0 Å². The van der Waals surface area contributed by atoms with Crippen LogP contribution in [0.15, 0.2) is 24.8 Å². The molecule has 0 atom stereocenters. The van der Waals surface area contributed by atoms with E-state index >= 15 is 0 Å². The van der Waals surface area contributed by atoms with E-state index in [9.17, 15) is 19.8 Å². The van der Waals surface area contributed by atoms with Crippen LogP contribution in [-0.2, 0) is 19.5 Å². The molecule has 0 radical (unpaired) electrons. The van der Waals surface area contributed by atoms with E-state index in [0.717, 1.165) is 0 Å². The molecule has 2 aromatic heterocycles. The number of hydrogen-bond donors (Lipinski definition) is 2. The fourth-order valence-electron chi connectivity index (χ4n) is 3.57. The normalized spacial score (nSPS) is 9.57. The summed E-state index contributed by atoms with van der Waals surface area (Å²) in [4.78, 5) is 31.2. The first kappa shape index (κ1) is 33.7. The predicted molar refractivity (Wildman–Crippen MR) is 137 cm³/mol. The Hall–Kier alpha value is -3.32. The van der Waals surface area contributed by atoms with Gasteiger partial charge in [-0.3, -0.25) is 0 Å². The fraction of sp³-hybridized carbons (Fsp3) is 0.357. The van der Waals surface area contributed by atoms with Gasteiger partial charge >= 0.3 is 19.5 Å². The van der Waals surface area contributed by atoms with Crippen LogP contribution in [0.3, 0.4) is 0 Å². The van der Waals surface area contributed by atoms with Crippen LogP contribution in [0.4, 0.5) is 0 Å². The van der Waals surface area contributed by atoms with Crippen molar-refractivity contribution in [2.24, 2.45) is 0 Å². The van der Waals surface area contributed by atoms with Crippen LogP contribution in [-0.4, -0.2) is 31.9 Å². The second-order valence-corrected chi connectivity index (χ2v) is 8.70. The van der Waals surface area contributed by atoms with Crippen molar-refractivity contribution in [2.45, 2.75) is 69.2 Å².